The van der Waals surface area contributed by atoms with Crippen molar-refractivity contribution < 1.29 is 23.5 Å². The molecule has 7 heteroatoms. The van der Waals surface area contributed by atoms with Gasteiger partial charge in [-0.15, -0.1) is 11.8 Å². The normalized spacial score (nSPS) is 19.8. The van der Waals surface area contributed by atoms with Crippen molar-refractivity contribution in [1.82, 2.24) is 4.90 Å². The van der Waals surface area contributed by atoms with Crippen LogP contribution < -0.4 is 4.74 Å². The van der Waals surface area contributed by atoms with E-state index in [4.69, 9.17) is 13.9 Å². The Morgan fingerprint density at radius 2 is 2.12 bits per heavy atom. The molecule has 0 saturated carbocycles. The highest BCUT2D eigenvalue weighted by Gasteiger charge is 2.49. The van der Waals surface area contributed by atoms with Gasteiger partial charge >= 0.3 is 5.97 Å². The number of benzene rings is 1. The maximum absolute atomic E-state index is 12.4. The van der Waals surface area contributed by atoms with E-state index in [1.54, 1.807) is 49.3 Å². The van der Waals surface area contributed by atoms with E-state index in [0.717, 1.165) is 16.9 Å². The van der Waals surface area contributed by atoms with E-state index >= 15 is 0 Å². The first kappa shape index (κ1) is 16.5. The number of β-lactam (4-membered cyclic amide) rings is 1. The molecule has 132 valence electrons. The third-order valence-electron chi connectivity index (χ3n) is 4.14. The number of ether oxygens (including phenoxy) is 2. The quantitative estimate of drug-likeness (QED) is 0.458. The number of hydrogen-bond acceptors (Lipinski definition) is 6. The summed E-state index contributed by atoms with van der Waals surface area (Å²) in [7, 11) is 1.59. The van der Waals surface area contributed by atoms with E-state index in [9.17, 15) is 9.59 Å². The second-order valence-electron chi connectivity index (χ2n) is 5.75. The Balaban J connectivity index is 1.38. The number of fused-ring (bicyclic) bond motifs is 1. The summed E-state index contributed by atoms with van der Waals surface area (Å²) in [6, 6.07) is 9.03. The summed E-state index contributed by atoms with van der Waals surface area (Å²) in [5.41, 5.74) is 2.59. The SMILES string of the molecule is COc1ccc(COC(=O)C2=CSC3/C(=C/c4ccoc4)C(=O)N23)cc1. The summed E-state index contributed by atoms with van der Waals surface area (Å²) in [5, 5.41) is 1.50. The molecule has 1 saturated heterocycles. The lowest BCUT2D eigenvalue weighted by Crippen LogP contribution is -2.51. The largest absolute Gasteiger partial charge is 0.497 e. The first-order valence-corrected chi connectivity index (χ1v) is 8.84. The lowest BCUT2D eigenvalue weighted by atomic mass is 10.0. The number of hydrogen-bond donors (Lipinski definition) is 0. The fourth-order valence-corrected chi connectivity index (χ4v) is 3.85. The Morgan fingerprint density at radius 3 is 2.81 bits per heavy atom. The van der Waals surface area contributed by atoms with Crippen LogP contribution in [0.5, 0.6) is 5.75 Å². The highest BCUT2D eigenvalue weighted by molar-refractivity contribution is 8.03. The summed E-state index contributed by atoms with van der Waals surface area (Å²) >= 11 is 1.42. The van der Waals surface area contributed by atoms with Crippen LogP contribution in [0, 0.1) is 0 Å². The second-order valence-corrected chi connectivity index (χ2v) is 6.70. The van der Waals surface area contributed by atoms with E-state index in [-0.39, 0.29) is 23.6 Å². The van der Waals surface area contributed by atoms with Crippen molar-refractivity contribution in [2.24, 2.45) is 0 Å². The summed E-state index contributed by atoms with van der Waals surface area (Å²) in [6.07, 6.45) is 4.90. The number of carbonyl (C=O) groups excluding carboxylic acids is 2. The highest BCUT2D eigenvalue weighted by atomic mass is 32.2. The lowest BCUT2D eigenvalue weighted by Gasteiger charge is -2.37. The molecule has 4 rings (SSSR count). The van der Waals surface area contributed by atoms with Gasteiger partial charge in [0, 0.05) is 11.0 Å². The van der Waals surface area contributed by atoms with Crippen LogP contribution in [0.1, 0.15) is 11.1 Å². The third kappa shape index (κ3) is 2.90. The van der Waals surface area contributed by atoms with Gasteiger partial charge in [0.05, 0.1) is 25.2 Å². The van der Waals surface area contributed by atoms with Crippen molar-refractivity contribution in [2.45, 2.75) is 12.0 Å². The van der Waals surface area contributed by atoms with Crippen molar-refractivity contribution in [1.29, 1.82) is 0 Å². The van der Waals surface area contributed by atoms with Crippen LogP contribution in [-0.4, -0.2) is 29.3 Å². The zero-order valence-corrected chi connectivity index (χ0v) is 14.7. The van der Waals surface area contributed by atoms with Crippen LogP contribution in [0.3, 0.4) is 0 Å². The van der Waals surface area contributed by atoms with Gasteiger partial charge < -0.3 is 13.9 Å². The molecule has 1 fully saturated rings. The van der Waals surface area contributed by atoms with E-state index in [1.165, 1.54) is 16.7 Å². The lowest BCUT2D eigenvalue weighted by molar-refractivity contribution is -0.146. The molecule has 3 heterocycles. The number of nitrogens with zero attached hydrogens (tertiary/aromatic N) is 1. The second kappa shape index (κ2) is 6.76. The summed E-state index contributed by atoms with van der Waals surface area (Å²) in [4.78, 5) is 26.2. The van der Waals surface area contributed by atoms with E-state index < -0.39 is 5.97 Å². The predicted octanol–water partition coefficient (Wildman–Crippen LogP) is 3.17. The zero-order chi connectivity index (χ0) is 18.1. The van der Waals surface area contributed by atoms with Crippen molar-refractivity contribution in [3.8, 4) is 5.75 Å². The van der Waals surface area contributed by atoms with Crippen molar-refractivity contribution in [2.75, 3.05) is 7.11 Å². The Hall–Kier alpha value is -2.93. The van der Waals surface area contributed by atoms with Crippen LogP contribution in [-0.2, 0) is 20.9 Å². The minimum atomic E-state index is -0.508. The molecule has 1 atom stereocenters. The van der Waals surface area contributed by atoms with Gasteiger partial charge in [-0.25, -0.2) is 4.79 Å². The Labute approximate surface area is 154 Å². The zero-order valence-electron chi connectivity index (χ0n) is 13.9. The predicted molar refractivity (Wildman–Crippen MR) is 95.8 cm³/mol. The molecular formula is C19H15NO5S. The van der Waals surface area contributed by atoms with Gasteiger partial charge in [0.1, 0.15) is 23.4 Å². The van der Waals surface area contributed by atoms with E-state index in [1.807, 2.05) is 12.1 Å². The van der Waals surface area contributed by atoms with Crippen LogP contribution >= 0.6 is 11.8 Å². The molecule has 1 aromatic heterocycles. The first-order chi connectivity index (χ1) is 12.7. The Bertz CT molecular complexity index is 899. The fourth-order valence-electron chi connectivity index (χ4n) is 2.74. The van der Waals surface area contributed by atoms with Crippen LogP contribution in [0.15, 0.2) is 64.0 Å². The van der Waals surface area contributed by atoms with Crippen molar-refractivity contribution in [3.05, 3.63) is 70.7 Å². The summed E-state index contributed by atoms with van der Waals surface area (Å²) in [5.74, 6) is 0.0429. The average molecular weight is 369 g/mol. The molecule has 0 N–H and O–H groups in total. The molecule has 0 bridgehead atoms. The molecule has 0 spiro atoms. The monoisotopic (exact) mass is 369 g/mol. The van der Waals surface area contributed by atoms with E-state index in [0.29, 0.717) is 5.57 Å². The van der Waals surface area contributed by atoms with Crippen LogP contribution in [0.2, 0.25) is 0 Å². The standard InChI is InChI=1S/C19H15NO5S/c1-23-14-4-2-12(3-5-14)10-25-19(22)16-11-26-18-15(17(21)20(16)18)8-13-6-7-24-9-13/h2-9,11,18H,10H2,1H3/b15-8+. The molecule has 1 unspecified atom stereocenters. The maximum atomic E-state index is 12.4. The Kier molecular flexibility index (Phi) is 4.30. The van der Waals surface area contributed by atoms with Crippen molar-refractivity contribution >= 4 is 29.7 Å². The average Bonchev–Trinajstić information content (AvgIpc) is 3.32. The van der Waals surface area contributed by atoms with Gasteiger partial charge in [0.2, 0.25) is 0 Å². The fraction of sp³-hybridized carbons (Fsp3) is 0.158. The number of amides is 1. The van der Waals surface area contributed by atoms with Gasteiger partial charge in [-0.05, 0) is 29.8 Å². The number of rotatable bonds is 5. The van der Waals surface area contributed by atoms with Gasteiger partial charge in [-0.1, -0.05) is 12.1 Å². The minimum Gasteiger partial charge on any atom is -0.497 e. The number of carbonyl (C=O) groups is 2. The number of methoxy groups -OCH3 is 1. The molecule has 2 aromatic rings. The molecule has 1 aromatic carbocycles. The molecule has 2 aliphatic rings. The molecule has 6 nitrogen and oxygen atoms in total. The van der Waals surface area contributed by atoms with Gasteiger partial charge in [-0.2, -0.15) is 0 Å². The minimum absolute atomic E-state index is 0.134. The summed E-state index contributed by atoms with van der Waals surface area (Å²) < 4.78 is 15.4. The molecule has 1 amide bonds. The highest BCUT2D eigenvalue weighted by Crippen LogP contribution is 2.45. The van der Waals surface area contributed by atoms with Gasteiger partial charge in [0.25, 0.3) is 5.91 Å². The number of thioether (sulfide) groups is 1. The molecular weight excluding hydrogens is 354 g/mol. The van der Waals surface area contributed by atoms with Gasteiger partial charge in [0.15, 0.2) is 0 Å². The third-order valence-corrected chi connectivity index (χ3v) is 5.22. The molecule has 2 aliphatic heterocycles. The first-order valence-electron chi connectivity index (χ1n) is 7.90. The molecule has 26 heavy (non-hydrogen) atoms. The van der Waals surface area contributed by atoms with Crippen LogP contribution in [0.25, 0.3) is 6.08 Å². The van der Waals surface area contributed by atoms with E-state index in [2.05, 4.69) is 0 Å². The number of furan rings is 1. The smallest absolute Gasteiger partial charge is 0.355 e. The maximum Gasteiger partial charge on any atom is 0.355 e. The topological polar surface area (TPSA) is 69.0 Å². The molecule has 0 radical (unpaired) electrons. The van der Waals surface area contributed by atoms with Gasteiger partial charge in [-0.3, -0.25) is 9.69 Å². The summed E-state index contributed by atoms with van der Waals surface area (Å²) in [6.45, 7) is 0.134. The number of esters is 1. The van der Waals surface area contributed by atoms with Crippen molar-refractivity contribution in [3.63, 3.8) is 0 Å². The molecule has 0 aliphatic carbocycles. The van der Waals surface area contributed by atoms with Crippen LogP contribution in [0.4, 0.5) is 0 Å². The Morgan fingerprint density at radius 1 is 1.31 bits per heavy atom.